The molecule has 8 atom stereocenters. The summed E-state index contributed by atoms with van der Waals surface area (Å²) >= 11 is 5.99. The Morgan fingerprint density at radius 3 is 2.42 bits per heavy atom. The Kier molecular flexibility index (Phi) is 5.48. The Labute approximate surface area is 193 Å². The number of fused-ring (bicyclic) bond motifs is 5. The lowest BCUT2D eigenvalue weighted by atomic mass is 9.44. The molecular formula is C28H37ClO2. The largest absolute Gasteiger partial charge is 0.381 e. The second-order valence-electron chi connectivity index (χ2n) is 11.5. The van der Waals surface area contributed by atoms with E-state index in [2.05, 4.69) is 25.7 Å². The molecule has 0 spiro atoms. The lowest BCUT2D eigenvalue weighted by molar-refractivity contribution is -0.146. The zero-order valence-electron chi connectivity index (χ0n) is 19.3. The molecule has 0 aromatic heterocycles. The maximum absolute atomic E-state index is 11.4. The maximum Gasteiger partial charge on any atom is 0.126 e. The maximum atomic E-state index is 11.4. The number of halogens is 1. The van der Waals surface area contributed by atoms with Gasteiger partial charge in [0, 0.05) is 17.7 Å². The van der Waals surface area contributed by atoms with Crippen LogP contribution in [0.1, 0.15) is 77.2 Å². The molecule has 0 bridgehead atoms. The quantitative estimate of drug-likeness (QED) is 0.506. The first kappa shape index (κ1) is 21.8. The minimum atomic E-state index is -0.853. The van der Waals surface area contributed by atoms with Crippen LogP contribution in [0, 0.1) is 46.3 Å². The van der Waals surface area contributed by atoms with Crippen LogP contribution in [0.25, 0.3) is 0 Å². The minimum absolute atomic E-state index is 0.351. The number of hydrogen-bond donors (Lipinski definition) is 1. The van der Waals surface area contributed by atoms with E-state index in [0.29, 0.717) is 22.9 Å². The fourth-order valence-electron chi connectivity index (χ4n) is 8.42. The normalized spacial score (nSPS) is 46.3. The fourth-order valence-corrected chi connectivity index (χ4v) is 8.55. The second-order valence-corrected chi connectivity index (χ2v) is 11.9. The molecule has 0 radical (unpaired) electrons. The monoisotopic (exact) mass is 440 g/mol. The van der Waals surface area contributed by atoms with Gasteiger partial charge in [-0.1, -0.05) is 37.3 Å². The highest BCUT2D eigenvalue weighted by Gasteiger charge is 2.61. The van der Waals surface area contributed by atoms with Crippen molar-refractivity contribution in [2.24, 2.45) is 34.5 Å². The Hall–Kier alpha value is -1.01. The van der Waals surface area contributed by atoms with Gasteiger partial charge in [-0.25, -0.2) is 0 Å². The third-order valence-corrected chi connectivity index (χ3v) is 10.5. The van der Waals surface area contributed by atoms with E-state index in [1.807, 2.05) is 31.4 Å². The van der Waals surface area contributed by atoms with Crippen LogP contribution in [0.5, 0.6) is 0 Å². The Morgan fingerprint density at radius 1 is 0.935 bits per heavy atom. The van der Waals surface area contributed by atoms with Crippen molar-refractivity contribution in [2.45, 2.75) is 83.3 Å². The van der Waals surface area contributed by atoms with Crippen LogP contribution < -0.4 is 0 Å². The van der Waals surface area contributed by atoms with Crippen molar-refractivity contribution in [3.8, 4) is 11.8 Å². The third kappa shape index (κ3) is 3.56. The molecule has 1 N–H and O–H groups in total. The topological polar surface area (TPSA) is 29.5 Å². The van der Waals surface area contributed by atoms with Gasteiger partial charge in [0.15, 0.2) is 0 Å². The van der Waals surface area contributed by atoms with E-state index in [1.54, 1.807) is 0 Å². The van der Waals surface area contributed by atoms with E-state index >= 15 is 0 Å². The lowest BCUT2D eigenvalue weighted by Crippen LogP contribution is -2.56. The molecule has 1 aromatic rings. The highest BCUT2D eigenvalue weighted by Crippen LogP contribution is 2.67. The van der Waals surface area contributed by atoms with Crippen LogP contribution in [-0.2, 0) is 4.74 Å². The predicted octanol–water partition coefficient (Wildman–Crippen LogP) is 6.48. The zero-order valence-corrected chi connectivity index (χ0v) is 20.0. The van der Waals surface area contributed by atoms with Crippen LogP contribution >= 0.6 is 11.6 Å². The third-order valence-electron chi connectivity index (χ3n) is 10.2. The number of rotatable bonds is 1. The summed E-state index contributed by atoms with van der Waals surface area (Å²) in [4.78, 5) is 0. The standard InChI is InChI=1S/C28H37ClO2/c1-26-16-17-28(30,15-12-19-4-7-21(29)8-5-19)18-20(26)6-9-22-23-10-11-25(31-3)27(23,2)14-13-24(22)26/h4-5,7-8,20,22-25,30H,6,9-11,13-14,16-18H2,1-3H3/t20?,22-,23-,24+,25?,26-,27-,28?/m0/s1. The van der Waals surface area contributed by atoms with Crippen LogP contribution in [0.4, 0.5) is 0 Å². The summed E-state index contributed by atoms with van der Waals surface area (Å²) in [5.41, 5.74) is 0.798. The molecule has 0 heterocycles. The van der Waals surface area contributed by atoms with E-state index in [4.69, 9.17) is 16.3 Å². The van der Waals surface area contributed by atoms with E-state index in [0.717, 1.165) is 47.6 Å². The number of ether oxygens (including phenoxy) is 1. The molecule has 3 unspecified atom stereocenters. The molecule has 4 saturated carbocycles. The van der Waals surface area contributed by atoms with Gasteiger partial charge >= 0.3 is 0 Å². The molecule has 168 valence electrons. The van der Waals surface area contributed by atoms with Gasteiger partial charge in [0.05, 0.1) is 6.10 Å². The summed E-state index contributed by atoms with van der Waals surface area (Å²) in [5, 5.41) is 12.1. The molecule has 0 amide bonds. The molecule has 0 aliphatic heterocycles. The van der Waals surface area contributed by atoms with Crippen molar-refractivity contribution >= 4 is 11.6 Å². The minimum Gasteiger partial charge on any atom is -0.381 e. The van der Waals surface area contributed by atoms with E-state index in [9.17, 15) is 5.11 Å². The van der Waals surface area contributed by atoms with Crippen LogP contribution in [0.3, 0.4) is 0 Å². The molecule has 5 rings (SSSR count). The molecule has 2 nitrogen and oxygen atoms in total. The Morgan fingerprint density at radius 2 is 1.68 bits per heavy atom. The Bertz CT molecular complexity index is 885. The molecule has 3 heteroatoms. The van der Waals surface area contributed by atoms with Gasteiger partial charge in [-0.2, -0.15) is 0 Å². The van der Waals surface area contributed by atoms with Crippen molar-refractivity contribution in [2.75, 3.05) is 7.11 Å². The van der Waals surface area contributed by atoms with Gasteiger partial charge in [-0.3, -0.25) is 0 Å². The van der Waals surface area contributed by atoms with E-state index in [1.165, 1.54) is 38.5 Å². The lowest BCUT2D eigenvalue weighted by Gasteiger charge is -2.61. The number of methoxy groups -OCH3 is 1. The molecule has 4 aliphatic carbocycles. The van der Waals surface area contributed by atoms with Crippen molar-refractivity contribution in [3.05, 3.63) is 34.9 Å². The van der Waals surface area contributed by atoms with Crippen LogP contribution in [0.15, 0.2) is 24.3 Å². The molecule has 31 heavy (non-hydrogen) atoms. The average molecular weight is 441 g/mol. The first-order valence-corrected chi connectivity index (χ1v) is 12.7. The van der Waals surface area contributed by atoms with Gasteiger partial charge in [0.2, 0.25) is 0 Å². The highest BCUT2D eigenvalue weighted by atomic mass is 35.5. The number of benzene rings is 1. The number of hydrogen-bond acceptors (Lipinski definition) is 2. The van der Waals surface area contributed by atoms with Crippen molar-refractivity contribution in [3.63, 3.8) is 0 Å². The summed E-state index contributed by atoms with van der Waals surface area (Å²) < 4.78 is 5.94. The highest BCUT2D eigenvalue weighted by molar-refractivity contribution is 6.30. The molecule has 0 saturated heterocycles. The second kappa shape index (κ2) is 7.79. The fraction of sp³-hybridized carbons (Fsp3) is 0.714. The van der Waals surface area contributed by atoms with Gasteiger partial charge in [-0.15, -0.1) is 0 Å². The van der Waals surface area contributed by atoms with Gasteiger partial charge in [0.25, 0.3) is 0 Å². The van der Waals surface area contributed by atoms with Crippen molar-refractivity contribution < 1.29 is 9.84 Å². The van der Waals surface area contributed by atoms with E-state index < -0.39 is 5.60 Å². The Balaban J connectivity index is 1.34. The van der Waals surface area contributed by atoms with Crippen LogP contribution in [-0.4, -0.2) is 23.9 Å². The average Bonchev–Trinajstić information content (AvgIpc) is 3.10. The molecule has 4 fully saturated rings. The smallest absolute Gasteiger partial charge is 0.126 e. The van der Waals surface area contributed by atoms with Crippen molar-refractivity contribution in [1.82, 2.24) is 0 Å². The number of aliphatic hydroxyl groups is 1. The van der Waals surface area contributed by atoms with Crippen molar-refractivity contribution in [1.29, 1.82) is 0 Å². The summed E-state index contributed by atoms with van der Waals surface area (Å²) in [5.74, 6) is 9.52. The summed E-state index contributed by atoms with van der Waals surface area (Å²) in [6, 6.07) is 7.60. The van der Waals surface area contributed by atoms with Gasteiger partial charge in [0.1, 0.15) is 5.60 Å². The molecular weight excluding hydrogens is 404 g/mol. The summed E-state index contributed by atoms with van der Waals surface area (Å²) in [7, 11) is 1.91. The SMILES string of the molecule is COC1CC[C@H]2[C@@H]3CCC4CC(O)(C#Cc5ccc(Cl)cc5)CC[C@]4(C)[C@@H]3CC[C@]12C. The summed E-state index contributed by atoms with van der Waals surface area (Å²) in [6.07, 6.45) is 11.0. The van der Waals surface area contributed by atoms with Crippen LogP contribution in [0.2, 0.25) is 5.02 Å². The molecule has 4 aliphatic rings. The molecule has 1 aromatic carbocycles. The predicted molar refractivity (Wildman–Crippen MR) is 126 cm³/mol. The summed E-state index contributed by atoms with van der Waals surface area (Å²) in [6.45, 7) is 5.06. The zero-order chi connectivity index (χ0) is 21.9. The first-order valence-electron chi connectivity index (χ1n) is 12.3. The van der Waals surface area contributed by atoms with E-state index in [-0.39, 0.29) is 0 Å². The van der Waals surface area contributed by atoms with Gasteiger partial charge < -0.3 is 9.84 Å². The first-order chi connectivity index (χ1) is 14.8. The van der Waals surface area contributed by atoms with Gasteiger partial charge in [-0.05, 0) is 117 Å².